The molecule has 1 N–H and O–H groups in total. The number of fused-ring (bicyclic) bond motifs is 1. The molecule has 0 amide bonds. The molecule has 0 bridgehead atoms. The summed E-state index contributed by atoms with van der Waals surface area (Å²) >= 11 is 1.55. The fourth-order valence-corrected chi connectivity index (χ4v) is 4.87. The van der Waals surface area contributed by atoms with Gasteiger partial charge in [-0.1, -0.05) is 55.0 Å². The summed E-state index contributed by atoms with van der Waals surface area (Å²) in [6.45, 7) is 11.5. The van der Waals surface area contributed by atoms with Gasteiger partial charge in [0.2, 0.25) is 10.8 Å². The van der Waals surface area contributed by atoms with Crippen LogP contribution < -0.4 is 0 Å². The van der Waals surface area contributed by atoms with Gasteiger partial charge in [-0.2, -0.15) is 4.52 Å². The highest BCUT2D eigenvalue weighted by Gasteiger charge is 2.31. The molecule has 2 aromatic heterocycles. The van der Waals surface area contributed by atoms with Crippen LogP contribution in [0.3, 0.4) is 0 Å². The second-order valence-electron chi connectivity index (χ2n) is 7.15. The molecule has 1 aliphatic rings. The lowest BCUT2D eigenvalue weighted by atomic mass is 10.0. The minimum atomic E-state index is 0.0307. The number of piperazine rings is 1. The van der Waals surface area contributed by atoms with Crippen LogP contribution in [0.25, 0.3) is 4.96 Å². The summed E-state index contributed by atoms with van der Waals surface area (Å²) < 4.78 is 1.60. The topological polar surface area (TPSA) is 56.9 Å². The van der Waals surface area contributed by atoms with Crippen LogP contribution in [-0.2, 0) is 6.42 Å². The van der Waals surface area contributed by atoms with Gasteiger partial charge in [-0.05, 0) is 19.0 Å². The largest absolute Gasteiger partial charge is 0.492 e. The van der Waals surface area contributed by atoms with Crippen molar-refractivity contribution >= 4 is 16.3 Å². The average molecular weight is 386 g/mol. The van der Waals surface area contributed by atoms with Gasteiger partial charge in [-0.3, -0.25) is 4.90 Å². The number of hydrogen-bond acceptors (Lipinski definition) is 6. The van der Waals surface area contributed by atoms with Gasteiger partial charge in [0.05, 0.1) is 10.9 Å². The van der Waals surface area contributed by atoms with E-state index in [1.807, 2.05) is 6.92 Å². The SMILES string of the molecule is CCc1nc2sc(C(c3ccc(C)cc3)N3CCN(CC)CC3)c(O)n2n1. The molecule has 7 heteroatoms. The highest BCUT2D eigenvalue weighted by molar-refractivity contribution is 7.17. The summed E-state index contributed by atoms with van der Waals surface area (Å²) in [7, 11) is 0. The lowest BCUT2D eigenvalue weighted by Crippen LogP contribution is -2.47. The van der Waals surface area contributed by atoms with E-state index in [1.54, 1.807) is 15.9 Å². The lowest BCUT2D eigenvalue weighted by molar-refractivity contribution is 0.113. The van der Waals surface area contributed by atoms with Crippen LogP contribution in [0.5, 0.6) is 5.88 Å². The predicted molar refractivity (Wildman–Crippen MR) is 109 cm³/mol. The lowest BCUT2D eigenvalue weighted by Gasteiger charge is -2.38. The summed E-state index contributed by atoms with van der Waals surface area (Å²) in [6.07, 6.45) is 0.767. The molecular formula is C20H27N5OS. The van der Waals surface area contributed by atoms with E-state index >= 15 is 0 Å². The highest BCUT2D eigenvalue weighted by Crippen LogP contribution is 2.40. The van der Waals surface area contributed by atoms with Crippen LogP contribution in [0.15, 0.2) is 24.3 Å². The van der Waals surface area contributed by atoms with Crippen molar-refractivity contribution in [3.05, 3.63) is 46.1 Å². The van der Waals surface area contributed by atoms with E-state index in [1.165, 1.54) is 11.1 Å². The fraction of sp³-hybridized carbons (Fsp3) is 0.500. The molecule has 1 aliphatic heterocycles. The van der Waals surface area contributed by atoms with Crippen molar-refractivity contribution in [1.82, 2.24) is 24.4 Å². The van der Waals surface area contributed by atoms with Gasteiger partial charge < -0.3 is 10.0 Å². The number of thiazole rings is 1. The monoisotopic (exact) mass is 385 g/mol. The Bertz CT molecular complexity index is 908. The van der Waals surface area contributed by atoms with Crippen LogP contribution in [0, 0.1) is 6.92 Å². The first-order valence-electron chi connectivity index (χ1n) is 9.71. The van der Waals surface area contributed by atoms with Gasteiger partial charge in [0.15, 0.2) is 5.82 Å². The Balaban J connectivity index is 1.74. The molecule has 6 nitrogen and oxygen atoms in total. The number of nitrogens with zero attached hydrogens (tertiary/aromatic N) is 5. The molecule has 4 rings (SSSR count). The predicted octanol–water partition coefficient (Wildman–Crippen LogP) is 3.09. The third-order valence-electron chi connectivity index (χ3n) is 5.42. The number of hydrogen-bond donors (Lipinski definition) is 1. The second kappa shape index (κ2) is 7.58. The minimum absolute atomic E-state index is 0.0307. The molecule has 1 aromatic carbocycles. The van der Waals surface area contributed by atoms with Gasteiger partial charge in [0, 0.05) is 32.6 Å². The normalized spacial score (nSPS) is 17.6. The second-order valence-corrected chi connectivity index (χ2v) is 8.16. The van der Waals surface area contributed by atoms with Crippen LogP contribution in [0.4, 0.5) is 0 Å². The first-order valence-corrected chi connectivity index (χ1v) is 10.5. The van der Waals surface area contributed by atoms with Crippen LogP contribution in [0.2, 0.25) is 0 Å². The number of rotatable bonds is 5. The molecule has 1 unspecified atom stereocenters. The Hall–Kier alpha value is -1.96. The Morgan fingerprint density at radius 1 is 1.11 bits per heavy atom. The maximum absolute atomic E-state index is 10.9. The number of likely N-dealkylation sites (N-methyl/N-ethyl adjacent to an activating group) is 1. The van der Waals surface area contributed by atoms with Crippen LogP contribution in [0.1, 0.15) is 41.7 Å². The van der Waals surface area contributed by atoms with Crippen molar-refractivity contribution in [3.8, 4) is 5.88 Å². The van der Waals surface area contributed by atoms with Gasteiger partial charge in [0.1, 0.15) is 0 Å². The Morgan fingerprint density at radius 2 is 1.81 bits per heavy atom. The van der Waals surface area contributed by atoms with E-state index in [-0.39, 0.29) is 11.9 Å². The minimum Gasteiger partial charge on any atom is -0.492 e. The van der Waals surface area contributed by atoms with E-state index in [9.17, 15) is 5.11 Å². The number of aryl methyl sites for hydroxylation is 2. The molecule has 1 saturated heterocycles. The van der Waals surface area contributed by atoms with E-state index in [0.29, 0.717) is 0 Å². The highest BCUT2D eigenvalue weighted by atomic mass is 32.1. The molecule has 0 aliphatic carbocycles. The third-order valence-corrected chi connectivity index (χ3v) is 6.49. The average Bonchev–Trinajstić information content (AvgIpc) is 3.23. The molecule has 0 radical (unpaired) electrons. The molecule has 27 heavy (non-hydrogen) atoms. The molecule has 0 saturated carbocycles. The number of aromatic hydroxyl groups is 1. The summed E-state index contributed by atoms with van der Waals surface area (Å²) in [5, 5.41) is 15.4. The quantitative estimate of drug-likeness (QED) is 0.731. The Labute approximate surface area is 164 Å². The zero-order chi connectivity index (χ0) is 19.0. The molecule has 3 heterocycles. The van der Waals surface area contributed by atoms with Crippen LogP contribution in [-0.4, -0.2) is 62.2 Å². The maximum Gasteiger partial charge on any atom is 0.230 e. The van der Waals surface area contributed by atoms with Crippen molar-refractivity contribution in [2.45, 2.75) is 33.2 Å². The van der Waals surface area contributed by atoms with Crippen molar-refractivity contribution < 1.29 is 5.11 Å². The van der Waals surface area contributed by atoms with Crippen molar-refractivity contribution in [2.24, 2.45) is 0 Å². The van der Waals surface area contributed by atoms with Crippen LogP contribution >= 0.6 is 11.3 Å². The number of benzene rings is 1. The van der Waals surface area contributed by atoms with Gasteiger partial charge in [-0.25, -0.2) is 4.98 Å². The standard InChI is InChI=1S/C20H27N5OS/c1-4-16-21-20-25(22-16)19(26)18(27-20)17(15-8-6-14(3)7-9-15)24-12-10-23(5-2)11-13-24/h6-9,17,26H,4-5,10-13H2,1-3H3. The van der Waals surface area contributed by atoms with Gasteiger partial charge in [-0.15, -0.1) is 5.10 Å². The Kier molecular flexibility index (Phi) is 5.16. The number of aromatic nitrogens is 3. The molecule has 0 spiro atoms. The van der Waals surface area contributed by atoms with Gasteiger partial charge in [0.25, 0.3) is 0 Å². The summed E-state index contributed by atoms with van der Waals surface area (Å²) in [5.74, 6) is 0.997. The van der Waals surface area contributed by atoms with E-state index in [0.717, 1.165) is 54.8 Å². The fourth-order valence-electron chi connectivity index (χ4n) is 3.73. The maximum atomic E-state index is 10.9. The summed E-state index contributed by atoms with van der Waals surface area (Å²) in [4.78, 5) is 11.2. The summed E-state index contributed by atoms with van der Waals surface area (Å²) in [5.41, 5.74) is 2.45. The van der Waals surface area contributed by atoms with Gasteiger partial charge >= 0.3 is 0 Å². The molecule has 1 fully saturated rings. The smallest absolute Gasteiger partial charge is 0.230 e. The van der Waals surface area contributed by atoms with Crippen molar-refractivity contribution in [3.63, 3.8) is 0 Å². The third kappa shape index (κ3) is 3.47. The molecule has 1 atom stereocenters. The molecular weight excluding hydrogens is 358 g/mol. The first kappa shape index (κ1) is 18.4. The van der Waals surface area contributed by atoms with Crippen molar-refractivity contribution in [1.29, 1.82) is 0 Å². The van der Waals surface area contributed by atoms with Crippen molar-refractivity contribution in [2.75, 3.05) is 32.7 Å². The summed E-state index contributed by atoms with van der Waals surface area (Å²) in [6, 6.07) is 8.68. The first-order chi connectivity index (χ1) is 13.1. The zero-order valence-electron chi connectivity index (χ0n) is 16.2. The molecule has 3 aromatic rings. The van der Waals surface area contributed by atoms with E-state index < -0.39 is 0 Å². The Morgan fingerprint density at radius 3 is 2.41 bits per heavy atom. The van der Waals surface area contributed by atoms with E-state index in [2.05, 4.69) is 58.0 Å². The van der Waals surface area contributed by atoms with E-state index in [4.69, 9.17) is 0 Å². The zero-order valence-corrected chi connectivity index (χ0v) is 17.0. The molecule has 144 valence electrons.